The summed E-state index contributed by atoms with van der Waals surface area (Å²) in [6, 6.07) is 12.8. The molecule has 1 aliphatic heterocycles. The quantitative estimate of drug-likeness (QED) is 0.670. The van der Waals surface area contributed by atoms with Crippen LogP contribution in [-0.2, 0) is 16.1 Å². The molecule has 1 heterocycles. The van der Waals surface area contributed by atoms with E-state index in [4.69, 9.17) is 4.74 Å². The van der Waals surface area contributed by atoms with Crippen molar-refractivity contribution in [3.05, 3.63) is 71.3 Å². The van der Waals surface area contributed by atoms with Gasteiger partial charge in [-0.05, 0) is 37.0 Å². The van der Waals surface area contributed by atoms with E-state index in [9.17, 15) is 18.4 Å². The molecule has 0 radical (unpaired) electrons. The van der Waals surface area contributed by atoms with Gasteiger partial charge in [0, 0.05) is 38.2 Å². The molecule has 0 bridgehead atoms. The van der Waals surface area contributed by atoms with Crippen LogP contribution in [0.25, 0.3) is 0 Å². The molecule has 1 N–H and O–H groups in total. The van der Waals surface area contributed by atoms with Crippen molar-refractivity contribution in [1.29, 1.82) is 0 Å². The van der Waals surface area contributed by atoms with Gasteiger partial charge in [-0.2, -0.15) is 0 Å². The molecule has 0 saturated carbocycles. The molecule has 0 atom stereocenters. The predicted molar refractivity (Wildman–Crippen MR) is 109 cm³/mol. The number of ether oxygens (including phenoxy) is 1. The van der Waals surface area contributed by atoms with E-state index < -0.39 is 17.5 Å². The van der Waals surface area contributed by atoms with Crippen LogP contribution < -0.4 is 5.32 Å². The highest BCUT2D eigenvalue weighted by molar-refractivity contribution is 5.94. The van der Waals surface area contributed by atoms with Gasteiger partial charge in [0.05, 0.1) is 12.2 Å². The molecule has 0 spiro atoms. The largest absolute Gasteiger partial charge is 0.377 e. The number of amides is 2. The first kappa shape index (κ1) is 21.9. The van der Waals surface area contributed by atoms with Crippen molar-refractivity contribution in [2.24, 2.45) is 5.92 Å². The lowest BCUT2D eigenvalue weighted by Crippen LogP contribution is -2.43. The van der Waals surface area contributed by atoms with Gasteiger partial charge >= 0.3 is 0 Å². The molecule has 0 unspecified atom stereocenters. The molecule has 160 valence electrons. The summed E-state index contributed by atoms with van der Waals surface area (Å²) in [6.45, 7) is 2.39. The van der Waals surface area contributed by atoms with E-state index >= 15 is 0 Å². The number of piperidine rings is 1. The fourth-order valence-electron chi connectivity index (χ4n) is 3.47. The summed E-state index contributed by atoms with van der Waals surface area (Å²) in [7, 11) is 0. The van der Waals surface area contributed by atoms with Crippen molar-refractivity contribution in [1.82, 2.24) is 10.2 Å². The fourth-order valence-corrected chi connectivity index (χ4v) is 3.47. The summed E-state index contributed by atoms with van der Waals surface area (Å²) >= 11 is 0. The Kier molecular flexibility index (Phi) is 7.90. The Labute approximate surface area is 175 Å². The molecule has 0 aliphatic carbocycles. The van der Waals surface area contributed by atoms with Crippen LogP contribution in [0.4, 0.5) is 8.78 Å². The third kappa shape index (κ3) is 6.10. The van der Waals surface area contributed by atoms with Gasteiger partial charge in [0.1, 0.15) is 11.6 Å². The molecule has 3 rings (SSSR count). The third-order valence-corrected chi connectivity index (χ3v) is 5.19. The van der Waals surface area contributed by atoms with Crippen LogP contribution in [0.3, 0.4) is 0 Å². The van der Waals surface area contributed by atoms with Crippen LogP contribution in [0.5, 0.6) is 0 Å². The lowest BCUT2D eigenvalue weighted by molar-refractivity contribution is -0.126. The highest BCUT2D eigenvalue weighted by atomic mass is 19.1. The third-order valence-electron chi connectivity index (χ3n) is 5.19. The van der Waals surface area contributed by atoms with E-state index in [0.29, 0.717) is 51.8 Å². The van der Waals surface area contributed by atoms with Gasteiger partial charge in [-0.3, -0.25) is 9.59 Å². The molecule has 5 nitrogen and oxygen atoms in total. The first-order chi connectivity index (χ1) is 14.5. The Bertz CT molecular complexity index is 853. The summed E-state index contributed by atoms with van der Waals surface area (Å²) in [6.07, 6.45) is 1.76. The standard InChI is InChI=1S/C23H26F2N2O3/c24-19-7-8-20(21(25)15-19)23(29)27-12-9-18(10-13-27)22(28)26-11-4-14-30-16-17-5-2-1-3-6-17/h1-3,5-8,15,18H,4,9-14,16H2,(H,26,28). The molecule has 7 heteroatoms. The molecule has 0 aromatic heterocycles. The van der Waals surface area contributed by atoms with Crippen LogP contribution >= 0.6 is 0 Å². The molecule has 2 amide bonds. The van der Waals surface area contributed by atoms with Crippen LogP contribution in [0.15, 0.2) is 48.5 Å². The van der Waals surface area contributed by atoms with E-state index in [-0.39, 0.29) is 17.4 Å². The SMILES string of the molecule is O=C(NCCCOCc1ccccc1)C1CCN(C(=O)c2ccc(F)cc2F)CC1. The van der Waals surface area contributed by atoms with Crippen molar-refractivity contribution in [3.63, 3.8) is 0 Å². The van der Waals surface area contributed by atoms with Crippen molar-refractivity contribution < 1.29 is 23.1 Å². The van der Waals surface area contributed by atoms with Gasteiger partial charge in [-0.25, -0.2) is 8.78 Å². The number of nitrogens with one attached hydrogen (secondary N) is 1. The van der Waals surface area contributed by atoms with Gasteiger partial charge in [0.2, 0.25) is 5.91 Å². The number of carbonyl (C=O) groups excluding carboxylic acids is 2. The normalized spacial score (nSPS) is 14.5. The van der Waals surface area contributed by atoms with Gasteiger partial charge in [-0.1, -0.05) is 30.3 Å². The van der Waals surface area contributed by atoms with E-state index in [1.54, 1.807) is 0 Å². The molecule has 2 aromatic carbocycles. The second-order valence-corrected chi connectivity index (χ2v) is 7.37. The maximum Gasteiger partial charge on any atom is 0.256 e. The molecular formula is C23H26F2N2O3. The minimum atomic E-state index is -0.866. The Morgan fingerprint density at radius 3 is 2.50 bits per heavy atom. The zero-order valence-electron chi connectivity index (χ0n) is 16.8. The summed E-state index contributed by atoms with van der Waals surface area (Å²) in [5, 5.41) is 2.92. The summed E-state index contributed by atoms with van der Waals surface area (Å²) in [4.78, 5) is 26.3. The molecule has 1 fully saturated rings. The zero-order chi connectivity index (χ0) is 21.3. The number of halogens is 2. The van der Waals surface area contributed by atoms with Crippen molar-refractivity contribution >= 4 is 11.8 Å². The monoisotopic (exact) mass is 416 g/mol. The van der Waals surface area contributed by atoms with Crippen LogP contribution in [-0.4, -0.2) is 43.0 Å². The molecule has 1 saturated heterocycles. The summed E-state index contributed by atoms with van der Waals surface area (Å²) in [5.41, 5.74) is 0.971. The average molecular weight is 416 g/mol. The Morgan fingerprint density at radius 1 is 1.07 bits per heavy atom. The number of carbonyl (C=O) groups is 2. The maximum atomic E-state index is 13.8. The topological polar surface area (TPSA) is 58.6 Å². The Hall–Kier alpha value is -2.80. The van der Waals surface area contributed by atoms with Crippen molar-refractivity contribution in [3.8, 4) is 0 Å². The van der Waals surface area contributed by atoms with Crippen LogP contribution in [0.2, 0.25) is 0 Å². The fraction of sp³-hybridized carbons (Fsp3) is 0.391. The molecular weight excluding hydrogens is 390 g/mol. The van der Waals surface area contributed by atoms with Crippen molar-refractivity contribution in [2.45, 2.75) is 25.9 Å². The molecule has 2 aromatic rings. The minimum Gasteiger partial charge on any atom is -0.377 e. The van der Waals surface area contributed by atoms with E-state index in [1.165, 1.54) is 4.90 Å². The first-order valence-corrected chi connectivity index (χ1v) is 10.2. The minimum absolute atomic E-state index is 0.0295. The van der Waals surface area contributed by atoms with Gasteiger partial charge < -0.3 is 15.0 Å². The number of rotatable bonds is 8. The average Bonchev–Trinajstić information content (AvgIpc) is 2.76. The Balaban J connectivity index is 1.33. The van der Waals surface area contributed by atoms with Gasteiger partial charge in [0.25, 0.3) is 5.91 Å². The highest BCUT2D eigenvalue weighted by Crippen LogP contribution is 2.20. The lowest BCUT2D eigenvalue weighted by atomic mass is 9.95. The number of benzene rings is 2. The van der Waals surface area contributed by atoms with E-state index in [1.807, 2.05) is 30.3 Å². The summed E-state index contributed by atoms with van der Waals surface area (Å²) < 4.78 is 32.4. The van der Waals surface area contributed by atoms with Gasteiger partial charge in [0.15, 0.2) is 0 Å². The Morgan fingerprint density at radius 2 is 1.80 bits per heavy atom. The second kappa shape index (κ2) is 10.8. The molecule has 1 aliphatic rings. The van der Waals surface area contributed by atoms with E-state index in [0.717, 1.165) is 24.1 Å². The molecule has 30 heavy (non-hydrogen) atoms. The lowest BCUT2D eigenvalue weighted by Gasteiger charge is -2.31. The van der Waals surface area contributed by atoms with Gasteiger partial charge in [-0.15, -0.1) is 0 Å². The highest BCUT2D eigenvalue weighted by Gasteiger charge is 2.28. The predicted octanol–water partition coefficient (Wildman–Crippen LogP) is 3.54. The number of hydrogen-bond acceptors (Lipinski definition) is 3. The zero-order valence-corrected chi connectivity index (χ0v) is 16.8. The van der Waals surface area contributed by atoms with Crippen LogP contribution in [0.1, 0.15) is 35.2 Å². The second-order valence-electron chi connectivity index (χ2n) is 7.37. The number of likely N-dealkylation sites (tertiary alicyclic amines) is 1. The first-order valence-electron chi connectivity index (χ1n) is 10.2. The number of nitrogens with zero attached hydrogens (tertiary/aromatic N) is 1. The maximum absolute atomic E-state index is 13.8. The van der Waals surface area contributed by atoms with Crippen LogP contribution in [0, 0.1) is 17.6 Å². The number of hydrogen-bond donors (Lipinski definition) is 1. The van der Waals surface area contributed by atoms with Crippen molar-refractivity contribution in [2.75, 3.05) is 26.2 Å². The van der Waals surface area contributed by atoms with E-state index in [2.05, 4.69) is 5.32 Å². The summed E-state index contributed by atoms with van der Waals surface area (Å²) in [5.74, 6) is -2.25. The smallest absolute Gasteiger partial charge is 0.256 e.